The Morgan fingerprint density at radius 2 is 1.88 bits per heavy atom. The maximum Gasteiger partial charge on any atom is 0.329 e. The molecule has 3 aromatic rings. The van der Waals surface area contributed by atoms with Gasteiger partial charge in [-0.25, -0.2) is 9.59 Å². The van der Waals surface area contributed by atoms with Gasteiger partial charge in [-0.15, -0.1) is 0 Å². The monoisotopic (exact) mass is 596 g/mol. The van der Waals surface area contributed by atoms with Crippen LogP contribution >= 0.6 is 12.6 Å². The van der Waals surface area contributed by atoms with Crippen molar-refractivity contribution in [2.24, 2.45) is 0 Å². The SMILES string of the molecule is CCCCCOc1c(OC)cc(N(C)CCCNC(=O)N[C@H](CS)C(=O)OCc2ccccc2)c2nccc(CC)c12. The lowest BCUT2D eigenvalue weighted by Gasteiger charge is -2.24. The summed E-state index contributed by atoms with van der Waals surface area (Å²) in [6.07, 6.45) is 6.56. The van der Waals surface area contributed by atoms with Crippen LogP contribution in [0.2, 0.25) is 0 Å². The molecule has 0 unspecified atom stereocenters. The number of hydrogen-bond acceptors (Lipinski definition) is 8. The third-order valence-electron chi connectivity index (χ3n) is 6.96. The first-order valence-electron chi connectivity index (χ1n) is 14.6. The molecule has 10 heteroatoms. The fourth-order valence-electron chi connectivity index (χ4n) is 4.59. The Kier molecular flexibility index (Phi) is 13.6. The maximum atomic E-state index is 12.5. The minimum Gasteiger partial charge on any atom is -0.493 e. The number of anilines is 1. The van der Waals surface area contributed by atoms with Gasteiger partial charge in [-0.3, -0.25) is 4.98 Å². The van der Waals surface area contributed by atoms with Gasteiger partial charge in [0.25, 0.3) is 0 Å². The van der Waals surface area contributed by atoms with Gasteiger partial charge in [0, 0.05) is 38.2 Å². The second-order valence-corrected chi connectivity index (χ2v) is 10.4. The zero-order valence-corrected chi connectivity index (χ0v) is 26.0. The van der Waals surface area contributed by atoms with Crippen molar-refractivity contribution >= 4 is 41.2 Å². The number of esters is 1. The zero-order chi connectivity index (χ0) is 30.3. The summed E-state index contributed by atoms with van der Waals surface area (Å²) in [4.78, 5) is 31.8. The highest BCUT2D eigenvalue weighted by Gasteiger charge is 2.22. The minimum atomic E-state index is -0.847. The van der Waals surface area contributed by atoms with E-state index in [0.717, 1.165) is 59.2 Å². The largest absolute Gasteiger partial charge is 0.493 e. The van der Waals surface area contributed by atoms with Gasteiger partial charge in [0.05, 0.1) is 30.3 Å². The number of methoxy groups -OCH3 is 1. The predicted molar refractivity (Wildman–Crippen MR) is 171 cm³/mol. The summed E-state index contributed by atoms with van der Waals surface area (Å²) in [5.74, 6) is 1.02. The quantitative estimate of drug-likeness (QED) is 0.107. The number of rotatable bonds is 17. The molecular weight excluding hydrogens is 552 g/mol. The molecule has 0 bridgehead atoms. The molecule has 2 N–H and O–H groups in total. The molecule has 1 aromatic heterocycles. The standard InChI is InChI=1S/C32H44N4O5S/c1-5-7-11-19-40-30-27(39-4)20-26(29-28(30)24(6-2)15-17-33-29)36(3)18-12-16-34-32(38)35-25(22-42)31(37)41-21-23-13-9-8-10-14-23/h8-10,13-15,17,20,25,42H,5-7,11-12,16,18-19,21-22H2,1-4H3,(H2,34,35,38)/t25-/m1/s1. The fraction of sp³-hybridized carbons (Fsp3) is 0.469. The number of carbonyl (C=O) groups excluding carboxylic acids is 2. The van der Waals surface area contributed by atoms with E-state index in [1.807, 2.05) is 55.7 Å². The van der Waals surface area contributed by atoms with Crippen LogP contribution in [-0.2, 0) is 22.6 Å². The Hall–Kier alpha value is -3.66. The van der Waals surface area contributed by atoms with Crippen molar-refractivity contribution in [3.05, 3.63) is 59.8 Å². The highest BCUT2D eigenvalue weighted by atomic mass is 32.1. The minimum absolute atomic E-state index is 0.129. The van der Waals surface area contributed by atoms with Crippen molar-refractivity contribution < 1.29 is 23.8 Å². The average molecular weight is 597 g/mol. The number of pyridine rings is 1. The predicted octanol–water partition coefficient (Wildman–Crippen LogP) is 5.54. The Morgan fingerprint density at radius 3 is 2.57 bits per heavy atom. The van der Waals surface area contributed by atoms with Crippen LogP contribution in [0.5, 0.6) is 11.5 Å². The van der Waals surface area contributed by atoms with E-state index < -0.39 is 18.0 Å². The molecule has 0 saturated carbocycles. The van der Waals surface area contributed by atoms with E-state index in [4.69, 9.17) is 19.2 Å². The number of nitrogens with one attached hydrogen (secondary N) is 2. The number of hydrogen-bond donors (Lipinski definition) is 3. The maximum absolute atomic E-state index is 12.5. The normalized spacial score (nSPS) is 11.5. The van der Waals surface area contributed by atoms with Gasteiger partial charge >= 0.3 is 12.0 Å². The number of amides is 2. The van der Waals surface area contributed by atoms with Gasteiger partial charge in [-0.05, 0) is 36.5 Å². The number of fused-ring (bicyclic) bond motifs is 1. The van der Waals surface area contributed by atoms with Crippen molar-refractivity contribution in [3.63, 3.8) is 0 Å². The summed E-state index contributed by atoms with van der Waals surface area (Å²) in [5.41, 5.74) is 3.81. The van der Waals surface area contributed by atoms with Gasteiger partial charge in [0.2, 0.25) is 0 Å². The highest BCUT2D eigenvalue weighted by molar-refractivity contribution is 7.80. The van der Waals surface area contributed by atoms with Crippen molar-refractivity contribution in [2.75, 3.05) is 44.5 Å². The van der Waals surface area contributed by atoms with Crippen LogP contribution in [0.3, 0.4) is 0 Å². The van der Waals surface area contributed by atoms with Crippen LogP contribution in [-0.4, -0.2) is 62.6 Å². The molecule has 42 heavy (non-hydrogen) atoms. The summed E-state index contributed by atoms with van der Waals surface area (Å²) in [7, 11) is 3.65. The number of carbonyl (C=O) groups is 2. The molecule has 0 aliphatic rings. The molecule has 1 heterocycles. The Labute approximate surface area is 254 Å². The summed E-state index contributed by atoms with van der Waals surface area (Å²) in [6.45, 7) is 6.12. The van der Waals surface area contributed by atoms with Gasteiger partial charge < -0.3 is 29.7 Å². The molecule has 1 atom stereocenters. The fourth-order valence-corrected chi connectivity index (χ4v) is 4.83. The molecule has 228 valence electrons. The second kappa shape index (κ2) is 17.3. The number of thiol groups is 1. The molecule has 0 spiro atoms. The molecule has 3 rings (SSSR count). The van der Waals surface area contributed by atoms with Crippen LogP contribution in [0.25, 0.3) is 10.9 Å². The second-order valence-electron chi connectivity index (χ2n) is 10.0. The van der Waals surface area contributed by atoms with E-state index in [1.165, 1.54) is 0 Å². The number of benzene rings is 2. The molecule has 9 nitrogen and oxygen atoms in total. The molecule has 2 amide bonds. The van der Waals surface area contributed by atoms with Crippen LogP contribution in [0, 0.1) is 0 Å². The third kappa shape index (κ3) is 9.17. The lowest BCUT2D eigenvalue weighted by Crippen LogP contribution is -2.48. The van der Waals surface area contributed by atoms with Crippen molar-refractivity contribution in [1.82, 2.24) is 15.6 Å². The Morgan fingerprint density at radius 1 is 1.10 bits per heavy atom. The smallest absolute Gasteiger partial charge is 0.329 e. The van der Waals surface area contributed by atoms with Crippen molar-refractivity contribution in [1.29, 1.82) is 0 Å². The average Bonchev–Trinajstić information content (AvgIpc) is 3.02. The summed E-state index contributed by atoms with van der Waals surface area (Å²) in [5, 5.41) is 6.45. The van der Waals surface area contributed by atoms with E-state index in [2.05, 4.69) is 42.0 Å². The lowest BCUT2D eigenvalue weighted by atomic mass is 10.0. The molecule has 0 aliphatic carbocycles. The Balaban J connectivity index is 1.59. The van der Waals surface area contributed by atoms with E-state index in [0.29, 0.717) is 31.9 Å². The third-order valence-corrected chi connectivity index (χ3v) is 7.32. The molecular formula is C32H44N4O5S. The molecule has 0 aliphatic heterocycles. The molecule has 0 fully saturated rings. The van der Waals surface area contributed by atoms with Crippen LogP contribution in [0.15, 0.2) is 48.7 Å². The first-order valence-corrected chi connectivity index (χ1v) is 15.2. The van der Waals surface area contributed by atoms with Gasteiger partial charge in [-0.2, -0.15) is 12.6 Å². The number of nitrogens with zero attached hydrogens (tertiary/aromatic N) is 2. The van der Waals surface area contributed by atoms with E-state index >= 15 is 0 Å². The van der Waals surface area contributed by atoms with E-state index in [-0.39, 0.29) is 12.4 Å². The molecule has 0 radical (unpaired) electrons. The van der Waals surface area contributed by atoms with Gasteiger partial charge in [0.15, 0.2) is 11.5 Å². The summed E-state index contributed by atoms with van der Waals surface area (Å²) in [6, 6.07) is 12.1. The molecule has 2 aromatic carbocycles. The topological polar surface area (TPSA) is 102 Å². The van der Waals surface area contributed by atoms with Crippen LogP contribution in [0.4, 0.5) is 10.5 Å². The summed E-state index contributed by atoms with van der Waals surface area (Å²) < 4.78 is 17.4. The van der Waals surface area contributed by atoms with Gasteiger partial charge in [0.1, 0.15) is 12.6 Å². The number of aromatic nitrogens is 1. The van der Waals surface area contributed by atoms with Crippen molar-refractivity contribution in [3.8, 4) is 11.5 Å². The summed E-state index contributed by atoms with van der Waals surface area (Å²) >= 11 is 4.21. The first-order chi connectivity index (χ1) is 20.4. The van der Waals surface area contributed by atoms with Crippen LogP contribution < -0.4 is 25.0 Å². The number of ether oxygens (including phenoxy) is 3. The van der Waals surface area contributed by atoms with E-state index in [9.17, 15) is 9.59 Å². The zero-order valence-electron chi connectivity index (χ0n) is 25.2. The number of urea groups is 1. The highest BCUT2D eigenvalue weighted by Crippen LogP contribution is 2.42. The van der Waals surface area contributed by atoms with Crippen molar-refractivity contribution in [2.45, 2.75) is 58.6 Å². The van der Waals surface area contributed by atoms with Crippen LogP contribution in [0.1, 0.15) is 50.7 Å². The van der Waals surface area contributed by atoms with E-state index in [1.54, 1.807) is 7.11 Å². The lowest BCUT2D eigenvalue weighted by molar-refractivity contribution is -0.146. The first kappa shape index (κ1) is 32.8. The number of unbranched alkanes of at least 4 members (excludes halogenated alkanes) is 2. The Bertz CT molecular complexity index is 1290. The number of aryl methyl sites for hydroxylation is 1. The van der Waals surface area contributed by atoms with Gasteiger partial charge in [-0.1, -0.05) is 57.0 Å². The molecule has 0 saturated heterocycles.